The topological polar surface area (TPSA) is 128 Å². The van der Waals surface area contributed by atoms with Crippen molar-refractivity contribution in [2.24, 2.45) is 4.99 Å². The van der Waals surface area contributed by atoms with E-state index in [1.54, 1.807) is 0 Å². The van der Waals surface area contributed by atoms with E-state index in [4.69, 9.17) is 0 Å². The van der Waals surface area contributed by atoms with Gasteiger partial charge < -0.3 is 5.32 Å². The number of benzene rings is 1. The smallest absolute Gasteiger partial charge is 0.270 e. The number of fused-ring (bicyclic) bond motifs is 9. The van der Waals surface area contributed by atoms with E-state index < -0.39 is 87.1 Å². The van der Waals surface area contributed by atoms with Crippen LogP contribution in [-0.4, -0.2) is 51.6 Å². The highest BCUT2D eigenvalue weighted by atomic mass is 19.2. The largest absolute Gasteiger partial charge is 0.367 e. The molecule has 5 heterocycles. The SMILES string of the molecule is FC1=C(F)C(F)=C(F)C2Nc3c(c4nc5nc(F)c(F)nc5nc4c4nc5nc(F)c(F)nc5nc34)N=C12. The Kier molecular flexibility index (Phi) is 4.24. The fraction of sp³-hybridized carbons (Fsp3) is 0.0500. The minimum atomic E-state index is -2.13. The van der Waals surface area contributed by atoms with Crippen molar-refractivity contribution in [3.8, 4) is 0 Å². The molecule has 1 atom stereocenters. The summed E-state index contributed by atoms with van der Waals surface area (Å²) in [6, 6.07) is -1.98. The van der Waals surface area contributed by atoms with Crippen molar-refractivity contribution >= 4 is 61.7 Å². The second-order valence-corrected chi connectivity index (χ2v) is 7.83. The molecule has 0 spiro atoms. The first-order chi connectivity index (χ1) is 18.1. The lowest BCUT2D eigenvalue weighted by molar-refractivity contribution is 0.450. The normalized spacial score (nSPS) is 17.4. The van der Waals surface area contributed by atoms with Crippen LogP contribution in [0.2, 0.25) is 0 Å². The van der Waals surface area contributed by atoms with Crippen LogP contribution in [0.15, 0.2) is 28.3 Å². The summed E-state index contributed by atoms with van der Waals surface area (Å²) in [5.41, 5.74) is -5.09. The number of allylic oxidation sites excluding steroid dienone is 2. The van der Waals surface area contributed by atoms with Gasteiger partial charge in [-0.15, -0.1) is 0 Å². The molecule has 1 aliphatic heterocycles. The van der Waals surface area contributed by atoms with E-state index >= 15 is 0 Å². The zero-order valence-electron chi connectivity index (χ0n) is 17.6. The maximum absolute atomic E-state index is 14.6. The van der Waals surface area contributed by atoms with Gasteiger partial charge in [-0.1, -0.05) is 0 Å². The number of hydrogen-bond donors (Lipinski definition) is 1. The lowest BCUT2D eigenvalue weighted by Crippen LogP contribution is -2.36. The predicted molar refractivity (Wildman–Crippen MR) is 112 cm³/mol. The molecule has 0 bridgehead atoms. The molecule has 5 aromatic rings. The highest BCUT2D eigenvalue weighted by Gasteiger charge is 2.41. The van der Waals surface area contributed by atoms with E-state index in [1.807, 2.05) is 0 Å². The van der Waals surface area contributed by atoms with Crippen molar-refractivity contribution < 1.29 is 35.1 Å². The summed E-state index contributed by atoms with van der Waals surface area (Å²) < 4.78 is 112. The van der Waals surface area contributed by atoms with Gasteiger partial charge in [-0.25, -0.2) is 42.5 Å². The van der Waals surface area contributed by atoms with Gasteiger partial charge in [0.25, 0.3) is 23.8 Å². The van der Waals surface area contributed by atoms with Gasteiger partial charge in [0.1, 0.15) is 39.5 Å². The van der Waals surface area contributed by atoms with Crippen LogP contribution < -0.4 is 5.32 Å². The third kappa shape index (κ3) is 2.84. The van der Waals surface area contributed by atoms with Crippen LogP contribution in [0, 0.1) is 23.8 Å². The van der Waals surface area contributed by atoms with Gasteiger partial charge in [0.2, 0.25) is 22.6 Å². The maximum atomic E-state index is 14.6. The number of hydrogen-bond acceptors (Lipinski definition) is 10. The Morgan fingerprint density at radius 1 is 0.474 bits per heavy atom. The van der Waals surface area contributed by atoms with Crippen molar-refractivity contribution in [1.29, 1.82) is 0 Å². The van der Waals surface area contributed by atoms with Crippen molar-refractivity contribution in [2.75, 3.05) is 5.32 Å². The summed E-state index contributed by atoms with van der Waals surface area (Å²) in [6.07, 6.45) is 0. The summed E-state index contributed by atoms with van der Waals surface area (Å²) in [6.45, 7) is 0. The molecule has 38 heavy (non-hydrogen) atoms. The van der Waals surface area contributed by atoms with Crippen molar-refractivity contribution in [2.45, 2.75) is 6.04 Å². The molecule has 0 saturated heterocycles. The van der Waals surface area contributed by atoms with Crippen LogP contribution >= 0.6 is 0 Å². The molecular weight excluding hydrogens is 532 g/mol. The van der Waals surface area contributed by atoms with E-state index in [-0.39, 0.29) is 27.8 Å². The van der Waals surface area contributed by atoms with Gasteiger partial charge in [0.05, 0.1) is 5.69 Å². The molecule has 4 aromatic heterocycles. The van der Waals surface area contributed by atoms with E-state index in [9.17, 15) is 35.1 Å². The summed E-state index contributed by atoms with van der Waals surface area (Å²) in [4.78, 5) is 33.3. The Morgan fingerprint density at radius 2 is 0.921 bits per heavy atom. The van der Waals surface area contributed by atoms with Crippen LogP contribution in [0.25, 0.3) is 44.7 Å². The van der Waals surface area contributed by atoms with Gasteiger partial charge in [0.15, 0.2) is 23.3 Å². The van der Waals surface area contributed by atoms with Crippen LogP contribution in [0.5, 0.6) is 0 Å². The first kappa shape index (κ1) is 22.2. The first-order valence-electron chi connectivity index (χ1n) is 10.2. The van der Waals surface area contributed by atoms with E-state index in [2.05, 4.69) is 50.2 Å². The summed E-state index contributed by atoms with van der Waals surface area (Å²) in [5, 5.41) is 2.42. The lowest BCUT2D eigenvalue weighted by atomic mass is 9.98. The molecular formula is C20H2F8N10. The molecule has 1 aliphatic carbocycles. The second kappa shape index (κ2) is 7.26. The zero-order valence-corrected chi connectivity index (χ0v) is 17.6. The Hall–Kier alpha value is -5.03. The second-order valence-electron chi connectivity index (χ2n) is 7.83. The number of rotatable bonds is 0. The standard InChI is InChI=1S/C20H2F8N10/c21-1-2(22)4(24)6-5(3(1)23)29-7-8(30-6)10-12(34-20-18(32-10)36-14(26)16(28)38-20)11-9(7)31-17-19(33-11)37-15(27)13(25)35-17/h5,29H. The van der Waals surface area contributed by atoms with Gasteiger partial charge in [-0.05, 0) is 0 Å². The molecule has 2 aliphatic rings. The van der Waals surface area contributed by atoms with Crippen LogP contribution in [-0.2, 0) is 0 Å². The number of halogens is 8. The number of nitrogens with one attached hydrogen (secondary N) is 1. The number of aromatic nitrogens is 8. The summed E-state index contributed by atoms with van der Waals surface area (Å²) in [5.74, 6) is -14.3. The fourth-order valence-electron chi connectivity index (χ4n) is 4.03. The van der Waals surface area contributed by atoms with E-state index in [0.717, 1.165) is 0 Å². The molecule has 18 heteroatoms. The van der Waals surface area contributed by atoms with Crippen LogP contribution in [0.3, 0.4) is 0 Å². The van der Waals surface area contributed by atoms with Gasteiger partial charge in [-0.3, -0.25) is 0 Å². The third-order valence-electron chi connectivity index (χ3n) is 5.67. The van der Waals surface area contributed by atoms with Gasteiger partial charge in [0, 0.05) is 0 Å². The zero-order chi connectivity index (χ0) is 26.6. The third-order valence-corrected chi connectivity index (χ3v) is 5.67. The number of anilines is 1. The van der Waals surface area contributed by atoms with Gasteiger partial charge >= 0.3 is 0 Å². The van der Waals surface area contributed by atoms with E-state index in [0.29, 0.717) is 0 Å². The number of nitrogens with zero attached hydrogens (tertiary/aromatic N) is 9. The highest BCUT2D eigenvalue weighted by Crippen LogP contribution is 2.46. The Labute approximate surface area is 200 Å². The number of aliphatic imine (C=N–C) groups is 1. The highest BCUT2D eigenvalue weighted by molar-refractivity contribution is 6.21. The van der Waals surface area contributed by atoms with Crippen molar-refractivity contribution in [3.63, 3.8) is 0 Å². The molecule has 188 valence electrons. The Morgan fingerprint density at radius 3 is 1.45 bits per heavy atom. The molecule has 0 amide bonds. The van der Waals surface area contributed by atoms with Crippen molar-refractivity contribution in [3.05, 3.63) is 47.1 Å². The monoisotopic (exact) mass is 534 g/mol. The molecule has 1 N–H and O–H groups in total. The molecule has 7 rings (SSSR count). The molecule has 0 saturated carbocycles. The Bertz CT molecular complexity index is 2060. The predicted octanol–water partition coefficient (Wildman–Crippen LogP) is 4.20. The average molecular weight is 534 g/mol. The Balaban J connectivity index is 1.68. The minimum absolute atomic E-state index is 0.304. The van der Waals surface area contributed by atoms with Crippen LogP contribution in [0.4, 0.5) is 46.5 Å². The molecule has 10 nitrogen and oxygen atoms in total. The molecule has 1 unspecified atom stereocenters. The first-order valence-corrected chi connectivity index (χ1v) is 10.2. The van der Waals surface area contributed by atoms with Gasteiger partial charge in [-0.2, -0.15) is 37.5 Å². The lowest BCUT2D eigenvalue weighted by Gasteiger charge is -2.28. The summed E-state index contributed by atoms with van der Waals surface area (Å²) >= 11 is 0. The molecule has 0 radical (unpaired) electrons. The molecule has 0 fully saturated rings. The van der Waals surface area contributed by atoms with Crippen molar-refractivity contribution in [1.82, 2.24) is 39.9 Å². The maximum Gasteiger partial charge on any atom is 0.270 e. The molecule has 1 aromatic carbocycles. The fourth-order valence-corrected chi connectivity index (χ4v) is 4.03. The van der Waals surface area contributed by atoms with E-state index in [1.165, 1.54) is 0 Å². The van der Waals surface area contributed by atoms with Crippen LogP contribution in [0.1, 0.15) is 0 Å². The minimum Gasteiger partial charge on any atom is -0.367 e. The average Bonchev–Trinajstić information content (AvgIpc) is 2.90. The summed E-state index contributed by atoms with van der Waals surface area (Å²) in [7, 11) is 0. The quantitative estimate of drug-likeness (QED) is 0.177.